The Labute approximate surface area is 101 Å². The minimum Gasteiger partial charge on any atom is -0.326 e. The Bertz CT molecular complexity index is 408. The molecule has 0 spiro atoms. The minimum atomic E-state index is 0.0573. The molecular weight excluding hydrogens is 218 g/mol. The van der Waals surface area contributed by atoms with E-state index in [9.17, 15) is 4.79 Å². The number of nitrogens with one attached hydrogen (secondary N) is 1. The fourth-order valence-electron chi connectivity index (χ4n) is 1.88. The molecule has 5 heteroatoms. The summed E-state index contributed by atoms with van der Waals surface area (Å²) < 4.78 is 0. The molecule has 0 radical (unpaired) electrons. The lowest BCUT2D eigenvalue weighted by molar-refractivity contribution is 0.0867. The Kier molecular flexibility index (Phi) is 3.61. The molecule has 0 atom stereocenters. The van der Waals surface area contributed by atoms with Gasteiger partial charge in [-0.2, -0.15) is 5.48 Å². The predicted octanol–water partition coefficient (Wildman–Crippen LogP) is 1.21. The van der Waals surface area contributed by atoms with E-state index in [1.54, 1.807) is 16.9 Å². The standard InChI is InChI=1S/C12H17N3O2/c1-14-6-7-15(12(14)16)11-5-3-4-10(8-11)9-13-17-2/h3-5,8,13H,6-7,9H2,1-2H3. The predicted molar refractivity (Wildman–Crippen MR) is 65.7 cm³/mol. The van der Waals surface area contributed by atoms with Gasteiger partial charge in [-0.15, -0.1) is 0 Å². The number of amides is 2. The van der Waals surface area contributed by atoms with Crippen molar-refractivity contribution in [3.8, 4) is 0 Å². The maximum Gasteiger partial charge on any atom is 0.324 e. The highest BCUT2D eigenvalue weighted by molar-refractivity contribution is 5.93. The van der Waals surface area contributed by atoms with Crippen molar-refractivity contribution < 1.29 is 9.63 Å². The summed E-state index contributed by atoms with van der Waals surface area (Å²) in [5.41, 5.74) is 4.82. The Hall–Kier alpha value is -1.59. The van der Waals surface area contributed by atoms with Crippen LogP contribution in [0.1, 0.15) is 5.56 Å². The van der Waals surface area contributed by atoms with Crippen LogP contribution in [0.15, 0.2) is 24.3 Å². The summed E-state index contributed by atoms with van der Waals surface area (Å²) in [4.78, 5) is 20.2. The molecular formula is C12H17N3O2. The molecule has 1 aliphatic heterocycles. The molecule has 0 aromatic heterocycles. The Morgan fingerprint density at radius 1 is 1.41 bits per heavy atom. The van der Waals surface area contributed by atoms with Crippen LogP contribution in [0.3, 0.4) is 0 Å². The van der Waals surface area contributed by atoms with Crippen molar-refractivity contribution >= 4 is 11.7 Å². The van der Waals surface area contributed by atoms with Crippen molar-refractivity contribution in [1.29, 1.82) is 0 Å². The lowest BCUT2D eigenvalue weighted by Gasteiger charge is -2.16. The van der Waals surface area contributed by atoms with Crippen molar-refractivity contribution in [2.75, 3.05) is 32.1 Å². The van der Waals surface area contributed by atoms with E-state index in [0.29, 0.717) is 6.54 Å². The highest BCUT2D eigenvalue weighted by Gasteiger charge is 2.26. The van der Waals surface area contributed by atoms with E-state index in [1.165, 1.54) is 0 Å². The third-order valence-electron chi connectivity index (χ3n) is 2.86. The van der Waals surface area contributed by atoms with Crippen LogP contribution in [-0.2, 0) is 11.4 Å². The highest BCUT2D eigenvalue weighted by atomic mass is 16.6. The smallest absolute Gasteiger partial charge is 0.324 e. The van der Waals surface area contributed by atoms with E-state index in [2.05, 4.69) is 5.48 Å². The normalized spacial score (nSPS) is 15.8. The zero-order valence-corrected chi connectivity index (χ0v) is 10.1. The molecule has 1 aromatic carbocycles. The van der Waals surface area contributed by atoms with Crippen LogP contribution in [0.2, 0.25) is 0 Å². The average Bonchev–Trinajstić information content (AvgIpc) is 2.68. The topological polar surface area (TPSA) is 44.8 Å². The van der Waals surface area contributed by atoms with Gasteiger partial charge in [0.25, 0.3) is 0 Å². The maximum absolute atomic E-state index is 11.8. The van der Waals surface area contributed by atoms with E-state index in [0.717, 1.165) is 24.3 Å². The fraction of sp³-hybridized carbons (Fsp3) is 0.417. The van der Waals surface area contributed by atoms with Gasteiger partial charge in [-0.1, -0.05) is 12.1 Å². The number of anilines is 1. The van der Waals surface area contributed by atoms with Crippen molar-refractivity contribution in [1.82, 2.24) is 10.4 Å². The maximum atomic E-state index is 11.8. The lowest BCUT2D eigenvalue weighted by atomic mass is 10.2. The van der Waals surface area contributed by atoms with E-state index in [-0.39, 0.29) is 6.03 Å². The zero-order valence-electron chi connectivity index (χ0n) is 10.1. The molecule has 0 bridgehead atoms. The summed E-state index contributed by atoms with van der Waals surface area (Å²) in [5, 5.41) is 0. The first-order valence-corrected chi connectivity index (χ1v) is 5.60. The molecule has 2 amide bonds. The summed E-state index contributed by atoms with van der Waals surface area (Å²) in [7, 11) is 3.40. The number of nitrogens with zero attached hydrogens (tertiary/aromatic N) is 2. The van der Waals surface area contributed by atoms with Gasteiger partial charge in [-0.05, 0) is 17.7 Å². The summed E-state index contributed by atoms with van der Waals surface area (Å²) >= 11 is 0. The van der Waals surface area contributed by atoms with Crippen LogP contribution in [0.5, 0.6) is 0 Å². The third kappa shape index (κ3) is 2.57. The quantitative estimate of drug-likeness (QED) is 0.798. The summed E-state index contributed by atoms with van der Waals surface area (Å²) in [6, 6.07) is 7.96. The second kappa shape index (κ2) is 5.16. The number of likely N-dealkylation sites (N-methyl/N-ethyl adjacent to an activating group) is 1. The Morgan fingerprint density at radius 3 is 2.88 bits per heavy atom. The van der Waals surface area contributed by atoms with Gasteiger partial charge in [0.2, 0.25) is 0 Å². The second-order valence-electron chi connectivity index (χ2n) is 4.05. The molecule has 0 unspecified atom stereocenters. The van der Waals surface area contributed by atoms with Gasteiger partial charge >= 0.3 is 6.03 Å². The molecule has 1 saturated heterocycles. The van der Waals surface area contributed by atoms with E-state index >= 15 is 0 Å². The van der Waals surface area contributed by atoms with Crippen LogP contribution in [0.25, 0.3) is 0 Å². The van der Waals surface area contributed by atoms with Crippen LogP contribution >= 0.6 is 0 Å². The molecule has 1 heterocycles. The number of carbonyl (C=O) groups is 1. The number of benzene rings is 1. The number of hydroxylamine groups is 1. The molecule has 1 aliphatic rings. The molecule has 17 heavy (non-hydrogen) atoms. The largest absolute Gasteiger partial charge is 0.326 e. The molecule has 5 nitrogen and oxygen atoms in total. The average molecular weight is 235 g/mol. The monoisotopic (exact) mass is 235 g/mol. The SMILES string of the molecule is CONCc1cccc(N2CCN(C)C2=O)c1. The minimum absolute atomic E-state index is 0.0573. The molecule has 1 fully saturated rings. The molecule has 1 N–H and O–H groups in total. The Balaban J connectivity index is 2.13. The first-order chi connectivity index (χ1) is 8.22. The van der Waals surface area contributed by atoms with Crippen molar-refractivity contribution in [3.63, 3.8) is 0 Å². The van der Waals surface area contributed by atoms with E-state index < -0.39 is 0 Å². The Morgan fingerprint density at radius 2 is 2.24 bits per heavy atom. The fourth-order valence-corrected chi connectivity index (χ4v) is 1.88. The van der Waals surface area contributed by atoms with Gasteiger partial charge in [0, 0.05) is 32.4 Å². The van der Waals surface area contributed by atoms with Gasteiger partial charge in [-0.3, -0.25) is 4.90 Å². The second-order valence-corrected chi connectivity index (χ2v) is 4.05. The molecule has 0 aliphatic carbocycles. The lowest BCUT2D eigenvalue weighted by Crippen LogP contribution is -2.29. The molecule has 0 saturated carbocycles. The molecule has 92 valence electrons. The van der Waals surface area contributed by atoms with Crippen molar-refractivity contribution in [3.05, 3.63) is 29.8 Å². The summed E-state index contributed by atoms with van der Waals surface area (Å²) in [6.45, 7) is 2.15. The van der Waals surface area contributed by atoms with Gasteiger partial charge in [0.05, 0.1) is 7.11 Å². The van der Waals surface area contributed by atoms with E-state index in [4.69, 9.17) is 4.84 Å². The number of carbonyl (C=O) groups excluding carboxylic acids is 1. The van der Waals surface area contributed by atoms with Crippen LogP contribution < -0.4 is 10.4 Å². The van der Waals surface area contributed by atoms with Gasteiger partial charge < -0.3 is 9.74 Å². The number of urea groups is 1. The van der Waals surface area contributed by atoms with E-state index in [1.807, 2.05) is 31.3 Å². The van der Waals surface area contributed by atoms with Crippen molar-refractivity contribution in [2.45, 2.75) is 6.54 Å². The third-order valence-corrected chi connectivity index (χ3v) is 2.86. The van der Waals surface area contributed by atoms with Crippen molar-refractivity contribution in [2.24, 2.45) is 0 Å². The van der Waals surface area contributed by atoms with Crippen LogP contribution in [0, 0.1) is 0 Å². The zero-order chi connectivity index (χ0) is 12.3. The first kappa shape index (κ1) is 11.9. The van der Waals surface area contributed by atoms with Gasteiger partial charge in [-0.25, -0.2) is 4.79 Å². The van der Waals surface area contributed by atoms with Crippen LogP contribution in [-0.4, -0.2) is 38.2 Å². The summed E-state index contributed by atoms with van der Waals surface area (Å²) in [6.07, 6.45) is 0. The molecule has 1 aromatic rings. The van der Waals surface area contributed by atoms with Gasteiger partial charge in [0.1, 0.15) is 0 Å². The number of hydrogen-bond donors (Lipinski definition) is 1. The first-order valence-electron chi connectivity index (χ1n) is 5.60. The van der Waals surface area contributed by atoms with Gasteiger partial charge in [0.15, 0.2) is 0 Å². The number of rotatable bonds is 4. The summed E-state index contributed by atoms with van der Waals surface area (Å²) in [5.74, 6) is 0. The molecule has 2 rings (SSSR count). The van der Waals surface area contributed by atoms with Crippen LogP contribution in [0.4, 0.5) is 10.5 Å². The number of hydrogen-bond acceptors (Lipinski definition) is 3. The highest BCUT2D eigenvalue weighted by Crippen LogP contribution is 2.20.